The Hall–Kier alpha value is -4.00. The number of hydrogen-bond donors (Lipinski definition) is 1. The molecule has 4 aromatic rings. The van der Waals surface area contributed by atoms with Gasteiger partial charge in [-0.25, -0.2) is 4.68 Å². The monoisotopic (exact) mass is 414 g/mol. The fourth-order valence-corrected chi connectivity index (χ4v) is 3.62. The Morgan fingerprint density at radius 1 is 1.13 bits per heavy atom. The van der Waals surface area contributed by atoms with Crippen molar-refractivity contribution in [2.24, 2.45) is 0 Å². The molecule has 2 heterocycles. The van der Waals surface area contributed by atoms with Crippen LogP contribution in [0, 0.1) is 12.1 Å². The van der Waals surface area contributed by atoms with Gasteiger partial charge in [0.05, 0.1) is 16.6 Å². The van der Waals surface area contributed by atoms with Crippen molar-refractivity contribution in [3.63, 3.8) is 0 Å². The van der Waals surface area contributed by atoms with Crippen LogP contribution in [-0.2, 0) is 6.54 Å². The Labute approximate surface area is 179 Å². The Balaban J connectivity index is 1.99. The van der Waals surface area contributed by atoms with E-state index in [2.05, 4.69) is 10.4 Å². The van der Waals surface area contributed by atoms with Crippen molar-refractivity contribution in [2.75, 3.05) is 5.32 Å². The zero-order chi connectivity index (χ0) is 22.1. The summed E-state index contributed by atoms with van der Waals surface area (Å²) in [6, 6.07) is 16.3. The lowest BCUT2D eigenvalue weighted by Crippen LogP contribution is -2.28. The number of aromatic nitrogens is 3. The molecular formula is C24H22N4O3. The predicted octanol–water partition coefficient (Wildman–Crippen LogP) is 3.97. The maximum Gasteiger partial charge on any atom is 0.291 e. The summed E-state index contributed by atoms with van der Waals surface area (Å²) in [7, 11) is 0. The third-order valence-corrected chi connectivity index (χ3v) is 5.20. The zero-order valence-electron chi connectivity index (χ0n) is 17.5. The summed E-state index contributed by atoms with van der Waals surface area (Å²) in [6.45, 7) is 5.57. The smallest absolute Gasteiger partial charge is 0.291 e. The van der Waals surface area contributed by atoms with Crippen molar-refractivity contribution < 1.29 is 9.52 Å². The number of nitrogens with one attached hydrogen (secondary N) is 1. The molecule has 0 atom stereocenters. The number of carbonyl (C=O) groups is 1. The predicted molar refractivity (Wildman–Crippen MR) is 121 cm³/mol. The Bertz CT molecular complexity index is 1360. The van der Waals surface area contributed by atoms with Crippen LogP contribution < -0.4 is 15.6 Å². The number of anilines is 2. The first-order valence-electron chi connectivity index (χ1n) is 10.0. The maximum atomic E-state index is 13.2. The number of fused-ring (bicyclic) bond motifs is 1. The average molecular weight is 414 g/mol. The van der Waals surface area contributed by atoms with Gasteiger partial charge in [-0.05, 0) is 32.9 Å². The minimum atomic E-state index is -0.397. The minimum Gasteiger partial charge on any atom is -0.618 e. The quantitative estimate of drug-likeness (QED) is 0.303. The summed E-state index contributed by atoms with van der Waals surface area (Å²) in [4.78, 5) is 25.9. The average Bonchev–Trinajstić information content (AvgIpc) is 2.76. The van der Waals surface area contributed by atoms with Crippen molar-refractivity contribution in [3.8, 4) is 11.3 Å². The number of rotatable bonds is 5. The van der Waals surface area contributed by atoms with E-state index in [1.165, 1.54) is 17.8 Å². The maximum absolute atomic E-state index is 13.2. The normalized spacial score (nSPS) is 10.9. The first kappa shape index (κ1) is 20.3. The van der Waals surface area contributed by atoms with Crippen LogP contribution in [0.3, 0.4) is 0 Å². The van der Waals surface area contributed by atoms with E-state index in [1.807, 2.05) is 38.1 Å². The second kappa shape index (κ2) is 8.02. The van der Waals surface area contributed by atoms with Crippen molar-refractivity contribution in [2.45, 2.75) is 27.3 Å². The highest BCUT2D eigenvalue weighted by atomic mass is 16.5. The van der Waals surface area contributed by atoms with Crippen molar-refractivity contribution in [3.05, 3.63) is 87.5 Å². The molecule has 0 bridgehead atoms. The standard InChI is InChI=1S/C24H22N4O3/c1-4-27-24(30)23(25-19-8-5-9-20-18(19)7-6-14-28(20)31)21(16(3)29)22(26-27)17-12-10-15(2)11-13-17/h5-14,25H,4H2,1-3H3. The van der Waals surface area contributed by atoms with E-state index in [4.69, 9.17) is 0 Å². The molecule has 2 aromatic carbocycles. The first-order chi connectivity index (χ1) is 14.9. The summed E-state index contributed by atoms with van der Waals surface area (Å²) >= 11 is 0. The van der Waals surface area contributed by atoms with Crippen LogP contribution >= 0.6 is 0 Å². The van der Waals surface area contributed by atoms with E-state index in [0.29, 0.717) is 28.8 Å². The summed E-state index contributed by atoms with van der Waals surface area (Å²) < 4.78 is 2.10. The molecule has 0 aliphatic carbocycles. The van der Waals surface area contributed by atoms with Crippen molar-refractivity contribution >= 4 is 28.1 Å². The molecule has 156 valence electrons. The molecule has 0 unspecified atom stereocenters. The van der Waals surface area contributed by atoms with Crippen LogP contribution in [0.2, 0.25) is 0 Å². The molecule has 0 radical (unpaired) electrons. The fourth-order valence-electron chi connectivity index (χ4n) is 3.62. The van der Waals surface area contributed by atoms with Gasteiger partial charge in [0, 0.05) is 24.2 Å². The third kappa shape index (κ3) is 3.66. The molecule has 1 N–H and O–H groups in total. The van der Waals surface area contributed by atoms with Crippen LogP contribution in [0.25, 0.3) is 22.2 Å². The SMILES string of the molecule is CCn1nc(-c2ccc(C)cc2)c(C(C)=O)c(Nc2cccc3c2ccc[n+]3[O-])c1=O. The summed E-state index contributed by atoms with van der Waals surface area (Å²) in [6.07, 6.45) is 1.42. The molecule has 7 nitrogen and oxygen atoms in total. The third-order valence-electron chi connectivity index (χ3n) is 5.20. The first-order valence-corrected chi connectivity index (χ1v) is 10.0. The lowest BCUT2D eigenvalue weighted by atomic mass is 10.0. The molecule has 31 heavy (non-hydrogen) atoms. The lowest BCUT2D eigenvalue weighted by molar-refractivity contribution is -0.577. The van der Waals surface area contributed by atoms with Gasteiger partial charge in [-0.3, -0.25) is 9.59 Å². The van der Waals surface area contributed by atoms with E-state index in [1.54, 1.807) is 30.3 Å². The summed E-state index contributed by atoms with van der Waals surface area (Å²) in [5.74, 6) is -0.273. The largest absolute Gasteiger partial charge is 0.618 e. The van der Waals surface area contributed by atoms with E-state index < -0.39 is 5.56 Å². The molecule has 7 heteroatoms. The van der Waals surface area contributed by atoms with E-state index in [-0.39, 0.29) is 17.0 Å². The van der Waals surface area contributed by atoms with E-state index >= 15 is 0 Å². The van der Waals surface area contributed by atoms with Crippen molar-refractivity contribution in [1.82, 2.24) is 9.78 Å². The van der Waals surface area contributed by atoms with Gasteiger partial charge < -0.3 is 10.5 Å². The lowest BCUT2D eigenvalue weighted by Gasteiger charge is -2.17. The Morgan fingerprint density at radius 3 is 2.55 bits per heavy atom. The topological polar surface area (TPSA) is 90.9 Å². The van der Waals surface area contributed by atoms with Crippen LogP contribution in [0.15, 0.2) is 65.6 Å². The number of benzene rings is 2. The Morgan fingerprint density at radius 2 is 1.87 bits per heavy atom. The number of nitrogens with zero attached hydrogens (tertiary/aromatic N) is 3. The Kier molecular flexibility index (Phi) is 5.25. The highest BCUT2D eigenvalue weighted by molar-refractivity contribution is 6.06. The van der Waals surface area contributed by atoms with Gasteiger partial charge in [0.1, 0.15) is 11.4 Å². The molecule has 0 aliphatic heterocycles. The van der Waals surface area contributed by atoms with Gasteiger partial charge in [-0.15, -0.1) is 0 Å². The van der Waals surface area contributed by atoms with E-state index in [9.17, 15) is 14.8 Å². The molecular weight excluding hydrogens is 392 g/mol. The fraction of sp³-hybridized carbons (Fsp3) is 0.167. The minimum absolute atomic E-state index is 0.147. The van der Waals surface area contributed by atoms with Crippen LogP contribution in [0.1, 0.15) is 29.8 Å². The van der Waals surface area contributed by atoms with Gasteiger partial charge >= 0.3 is 0 Å². The van der Waals surface area contributed by atoms with E-state index in [0.717, 1.165) is 15.9 Å². The zero-order valence-corrected chi connectivity index (χ0v) is 17.5. The van der Waals surface area contributed by atoms with Gasteiger partial charge in [0.15, 0.2) is 12.0 Å². The van der Waals surface area contributed by atoms with Crippen LogP contribution in [-0.4, -0.2) is 15.6 Å². The number of hydrogen-bond acceptors (Lipinski definition) is 5. The molecule has 0 fully saturated rings. The highest BCUT2D eigenvalue weighted by Crippen LogP contribution is 2.30. The van der Waals surface area contributed by atoms with Gasteiger partial charge in [0.2, 0.25) is 5.52 Å². The van der Waals surface area contributed by atoms with Crippen LogP contribution in [0.4, 0.5) is 11.4 Å². The summed E-state index contributed by atoms with van der Waals surface area (Å²) in [5, 5.41) is 20.4. The molecule has 4 rings (SSSR count). The number of Topliss-reactive ketones (excluding diaryl/α,β-unsaturated/α-hetero) is 1. The van der Waals surface area contributed by atoms with Crippen molar-refractivity contribution in [1.29, 1.82) is 0 Å². The number of pyridine rings is 1. The molecule has 0 saturated heterocycles. The second-order valence-electron chi connectivity index (χ2n) is 7.34. The molecule has 0 spiro atoms. The van der Waals surface area contributed by atoms with Gasteiger partial charge in [-0.1, -0.05) is 35.9 Å². The summed E-state index contributed by atoms with van der Waals surface area (Å²) in [5.41, 5.74) is 3.26. The molecule has 0 saturated carbocycles. The second-order valence-corrected chi connectivity index (χ2v) is 7.34. The number of aryl methyl sites for hydroxylation is 2. The van der Waals surface area contributed by atoms with Gasteiger partial charge in [0.25, 0.3) is 5.56 Å². The number of carbonyl (C=O) groups excluding carboxylic acids is 1. The molecule has 0 amide bonds. The van der Waals surface area contributed by atoms with Gasteiger partial charge in [-0.2, -0.15) is 9.83 Å². The number of ketones is 1. The molecule has 2 aromatic heterocycles. The molecule has 0 aliphatic rings. The highest BCUT2D eigenvalue weighted by Gasteiger charge is 2.22. The van der Waals surface area contributed by atoms with Crippen LogP contribution in [0.5, 0.6) is 0 Å².